The molecule has 9 heteroatoms. The summed E-state index contributed by atoms with van der Waals surface area (Å²) >= 11 is 0. The average Bonchev–Trinajstić information content (AvgIpc) is 2.09. The van der Waals surface area contributed by atoms with E-state index in [0.717, 1.165) is 0 Å². The Hall–Kier alpha value is -0.280. The average molecular weight is 241 g/mol. The predicted molar refractivity (Wildman–Crippen MR) is 36.0 cm³/mol. The Morgan fingerprint density at radius 2 is 1.21 bits per heavy atom. The van der Waals surface area contributed by atoms with Crippen molar-refractivity contribution in [1.29, 1.82) is 0 Å². The number of hydrogen-bond donors (Lipinski definition) is 1. The highest BCUT2D eigenvalue weighted by molar-refractivity contribution is 8.11. The van der Waals surface area contributed by atoms with Gasteiger partial charge < -0.3 is 9.11 Å². The summed E-state index contributed by atoms with van der Waals surface area (Å²) in [5, 5.41) is 0. The third-order valence-corrected chi connectivity index (χ3v) is 4.12. The molecule has 0 aromatic heterocycles. The van der Waals surface area contributed by atoms with Crippen LogP contribution in [0.3, 0.4) is 0 Å². The monoisotopic (exact) mass is 241 g/mol. The van der Waals surface area contributed by atoms with Gasteiger partial charge in [-0.2, -0.15) is 0 Å². The first kappa shape index (κ1) is 11.8. The topological polar surface area (TPSA) is 60.4 Å². The van der Waals surface area contributed by atoms with Crippen LogP contribution in [-0.4, -0.2) is 42.8 Å². The number of rotatable bonds is 0. The smallest absolute Gasteiger partial charge is 0.201 e. The van der Waals surface area contributed by atoms with E-state index >= 15 is 0 Å². The highest BCUT2D eigenvalue weighted by Crippen LogP contribution is 2.44. The van der Waals surface area contributed by atoms with Crippen molar-refractivity contribution in [3.8, 4) is 0 Å². The molecular weight excluding hydrogens is 235 g/mol. The largest absolute Gasteiger partial charge is 0.765 e. The van der Waals surface area contributed by atoms with Crippen LogP contribution in [0.25, 0.3) is 0 Å². The Kier molecular flexibility index (Phi) is 2.41. The van der Waals surface area contributed by atoms with Crippen LogP contribution in [0, 0.1) is 0 Å². The minimum Gasteiger partial charge on any atom is -0.765 e. The van der Waals surface area contributed by atoms with Gasteiger partial charge in [0.25, 0.3) is 0 Å². The molecule has 4 unspecified atom stereocenters. The van der Waals surface area contributed by atoms with Gasteiger partial charge >= 0.3 is 0 Å². The zero-order chi connectivity index (χ0) is 11.3. The molecule has 1 saturated heterocycles. The summed E-state index contributed by atoms with van der Waals surface area (Å²) in [4.78, 5) is 0. The van der Waals surface area contributed by atoms with Crippen LogP contribution in [0.15, 0.2) is 0 Å². The molecule has 0 bridgehead atoms. The van der Waals surface area contributed by atoms with E-state index in [2.05, 4.69) is 0 Å². The molecule has 0 amide bonds. The predicted octanol–water partition coefficient (Wildman–Crippen LogP) is 1.03. The molecule has 0 aromatic carbocycles. The van der Waals surface area contributed by atoms with Crippen LogP contribution in [0.4, 0.5) is 22.0 Å². The summed E-state index contributed by atoms with van der Waals surface area (Å²) in [6.07, 6.45) is -10.1. The van der Waals surface area contributed by atoms with Crippen LogP contribution >= 0.6 is 0 Å². The van der Waals surface area contributed by atoms with Crippen LogP contribution in [-0.2, 0) is 9.63 Å². The number of sulfone groups is 1. The van der Waals surface area contributed by atoms with Crippen LogP contribution in [0.5, 0.6) is 0 Å². The van der Waals surface area contributed by atoms with E-state index < -0.39 is 39.1 Å². The molecule has 0 saturated carbocycles. The van der Waals surface area contributed by atoms with E-state index in [0.29, 0.717) is 0 Å². The summed E-state index contributed by atoms with van der Waals surface area (Å²) in [6, 6.07) is 0. The van der Waals surface area contributed by atoms with Gasteiger partial charge in [0.1, 0.15) is 0 Å². The number of hydrogen-bond acceptors (Lipinski definition) is 2. The molecule has 1 N–H and O–H groups in total. The Labute approximate surface area is 75.3 Å². The van der Waals surface area contributed by atoms with Gasteiger partial charge in [0.05, 0.1) is 0 Å². The second-order valence-corrected chi connectivity index (χ2v) is 5.78. The minimum atomic E-state index is -7.00. The first-order chi connectivity index (χ1) is 6.08. The number of alkyl halides is 5. The van der Waals surface area contributed by atoms with E-state index in [4.69, 9.17) is 4.55 Å². The maximum atomic E-state index is 12.6. The minimum absolute atomic E-state index is 3.25. The second kappa shape index (κ2) is 2.86. The lowest BCUT2D eigenvalue weighted by Crippen LogP contribution is -2.65. The molecular formula is C5H6F5O3S-. The highest BCUT2D eigenvalue weighted by Gasteiger charge is 2.60. The van der Waals surface area contributed by atoms with E-state index in [1.54, 1.807) is 0 Å². The summed E-state index contributed by atoms with van der Waals surface area (Å²) in [5.41, 5.74) is -7.60. The van der Waals surface area contributed by atoms with E-state index in [-0.39, 0.29) is 0 Å². The SMILES string of the molecule is O=S1([O-])(O)C(F)C(F)C(F)C(F)C1F. The van der Waals surface area contributed by atoms with Crippen molar-refractivity contribution in [3.63, 3.8) is 0 Å². The Morgan fingerprint density at radius 1 is 0.929 bits per heavy atom. The van der Waals surface area contributed by atoms with E-state index in [1.807, 2.05) is 0 Å². The molecule has 14 heavy (non-hydrogen) atoms. The maximum absolute atomic E-state index is 12.6. The molecule has 1 fully saturated rings. The third kappa shape index (κ3) is 1.34. The molecule has 1 aliphatic heterocycles. The fraction of sp³-hybridized carbons (Fsp3) is 1.00. The lowest BCUT2D eigenvalue weighted by Gasteiger charge is -2.52. The van der Waals surface area contributed by atoms with Crippen molar-refractivity contribution < 1.29 is 35.3 Å². The molecule has 1 rings (SSSR count). The van der Waals surface area contributed by atoms with Crippen molar-refractivity contribution in [3.05, 3.63) is 0 Å². The lowest BCUT2D eigenvalue weighted by atomic mass is 10.2. The van der Waals surface area contributed by atoms with E-state index in [1.165, 1.54) is 0 Å². The zero-order valence-corrected chi connectivity index (χ0v) is 7.27. The summed E-state index contributed by atoms with van der Waals surface area (Å²) in [7, 11) is -7.00. The molecule has 0 spiro atoms. The van der Waals surface area contributed by atoms with Crippen molar-refractivity contribution in [2.75, 3.05) is 0 Å². The van der Waals surface area contributed by atoms with Gasteiger partial charge in [-0.25, -0.2) is 22.0 Å². The zero-order valence-electron chi connectivity index (χ0n) is 6.45. The fourth-order valence-corrected chi connectivity index (χ4v) is 2.57. The Bertz CT molecular complexity index is 282. The lowest BCUT2D eigenvalue weighted by molar-refractivity contribution is 0.000280. The summed E-state index contributed by atoms with van der Waals surface area (Å²) in [5.74, 6) is 0. The van der Waals surface area contributed by atoms with Gasteiger partial charge in [-0.15, -0.1) is 0 Å². The first-order valence-corrected chi connectivity index (χ1v) is 5.39. The third-order valence-electron chi connectivity index (χ3n) is 1.94. The van der Waals surface area contributed by atoms with Crippen molar-refractivity contribution >= 4 is 9.63 Å². The van der Waals surface area contributed by atoms with Gasteiger partial charge in [-0.1, -0.05) is 0 Å². The molecule has 4 atom stereocenters. The van der Waals surface area contributed by atoms with Crippen LogP contribution < -0.4 is 0 Å². The number of halogens is 5. The Morgan fingerprint density at radius 3 is 1.50 bits per heavy atom. The molecule has 0 radical (unpaired) electrons. The molecule has 0 aliphatic carbocycles. The molecule has 1 aliphatic rings. The van der Waals surface area contributed by atoms with Gasteiger partial charge in [0.2, 0.25) is 11.0 Å². The Balaban J connectivity index is 3.19. The molecule has 3 nitrogen and oxygen atoms in total. The summed E-state index contributed by atoms with van der Waals surface area (Å²) in [6.45, 7) is 0. The maximum Gasteiger partial charge on any atom is 0.201 e. The van der Waals surface area contributed by atoms with Crippen LogP contribution in [0.1, 0.15) is 0 Å². The second-order valence-electron chi connectivity index (χ2n) is 2.98. The first-order valence-electron chi connectivity index (χ1n) is 3.41. The van der Waals surface area contributed by atoms with Crippen molar-refractivity contribution in [2.45, 2.75) is 29.5 Å². The van der Waals surface area contributed by atoms with Crippen molar-refractivity contribution in [2.24, 2.45) is 0 Å². The van der Waals surface area contributed by atoms with Gasteiger partial charge in [-0.3, -0.25) is 4.21 Å². The molecule has 0 aromatic rings. The standard InChI is InChI=1S/C5H7F5O3S/c6-1-2(7)4(9)14(11,12,13)5(10)3(1)8/h1-5H,(H2,11,12,13)/p-1. The normalized spacial score (nSPS) is 54.5. The van der Waals surface area contributed by atoms with E-state index in [9.17, 15) is 30.7 Å². The molecule has 1 heterocycles. The van der Waals surface area contributed by atoms with Crippen molar-refractivity contribution in [1.82, 2.24) is 0 Å². The van der Waals surface area contributed by atoms with Crippen LogP contribution in [0.2, 0.25) is 0 Å². The summed E-state index contributed by atoms with van der Waals surface area (Å²) < 4.78 is 92.1. The highest BCUT2D eigenvalue weighted by atomic mass is 32.3. The quantitative estimate of drug-likeness (QED) is 0.644. The van der Waals surface area contributed by atoms with Gasteiger partial charge in [0.15, 0.2) is 18.5 Å². The molecule has 86 valence electrons. The fourth-order valence-electron chi connectivity index (χ4n) is 1.07. The van der Waals surface area contributed by atoms with Gasteiger partial charge in [0, 0.05) is 9.63 Å². The van der Waals surface area contributed by atoms with Gasteiger partial charge in [-0.05, 0) is 0 Å².